The van der Waals surface area contributed by atoms with Crippen molar-refractivity contribution in [3.63, 3.8) is 0 Å². The highest BCUT2D eigenvalue weighted by molar-refractivity contribution is 7.20. The maximum atomic E-state index is 11.9. The van der Waals surface area contributed by atoms with Gasteiger partial charge >= 0.3 is 0 Å². The SMILES string of the molecule is Cn1cc(C(=O)C=Cc2csc(-c3cccs3)n2)cn1. The molecule has 3 aromatic heterocycles. The number of hydrogen-bond acceptors (Lipinski definition) is 5. The van der Waals surface area contributed by atoms with Gasteiger partial charge in [-0.3, -0.25) is 9.48 Å². The maximum Gasteiger partial charge on any atom is 0.189 e. The summed E-state index contributed by atoms with van der Waals surface area (Å²) in [7, 11) is 1.79. The molecule has 3 aromatic rings. The molecule has 0 saturated heterocycles. The van der Waals surface area contributed by atoms with E-state index in [1.54, 1.807) is 52.9 Å². The molecule has 0 atom stereocenters. The lowest BCUT2D eigenvalue weighted by Crippen LogP contribution is -1.91. The molecule has 0 aliphatic heterocycles. The van der Waals surface area contributed by atoms with Crippen molar-refractivity contribution in [1.29, 1.82) is 0 Å². The van der Waals surface area contributed by atoms with Gasteiger partial charge in [0.05, 0.1) is 22.3 Å². The number of thiophene rings is 1. The third-order valence-corrected chi connectivity index (χ3v) is 4.55. The summed E-state index contributed by atoms with van der Waals surface area (Å²) in [6.45, 7) is 0. The highest BCUT2D eigenvalue weighted by Gasteiger charge is 2.06. The van der Waals surface area contributed by atoms with Gasteiger partial charge in [0.2, 0.25) is 0 Å². The van der Waals surface area contributed by atoms with Crippen LogP contribution >= 0.6 is 22.7 Å². The van der Waals surface area contributed by atoms with Gasteiger partial charge in [0, 0.05) is 18.6 Å². The minimum Gasteiger partial charge on any atom is -0.289 e. The first-order valence-electron chi connectivity index (χ1n) is 5.93. The molecule has 0 aromatic carbocycles. The van der Waals surface area contributed by atoms with Gasteiger partial charge in [0.15, 0.2) is 5.78 Å². The molecule has 0 aliphatic carbocycles. The Morgan fingerprint density at radius 3 is 3.00 bits per heavy atom. The van der Waals surface area contributed by atoms with Gasteiger partial charge in [-0.25, -0.2) is 4.98 Å². The van der Waals surface area contributed by atoms with E-state index in [1.165, 1.54) is 6.08 Å². The molecule has 3 heterocycles. The zero-order valence-electron chi connectivity index (χ0n) is 10.7. The molecule has 0 radical (unpaired) electrons. The maximum absolute atomic E-state index is 11.9. The summed E-state index contributed by atoms with van der Waals surface area (Å²) in [5.41, 5.74) is 1.38. The molecule has 0 bridgehead atoms. The first-order valence-corrected chi connectivity index (χ1v) is 7.69. The second-order valence-electron chi connectivity index (χ2n) is 4.16. The van der Waals surface area contributed by atoms with E-state index in [9.17, 15) is 4.79 Å². The topological polar surface area (TPSA) is 47.8 Å². The fourth-order valence-electron chi connectivity index (χ4n) is 1.68. The number of thiazole rings is 1. The second-order valence-corrected chi connectivity index (χ2v) is 5.96. The van der Waals surface area contributed by atoms with Crippen LogP contribution in [0.5, 0.6) is 0 Å². The lowest BCUT2D eigenvalue weighted by Gasteiger charge is -1.88. The zero-order chi connectivity index (χ0) is 13.9. The highest BCUT2D eigenvalue weighted by atomic mass is 32.1. The van der Waals surface area contributed by atoms with Crippen LogP contribution in [0.4, 0.5) is 0 Å². The van der Waals surface area contributed by atoms with Crippen LogP contribution in [-0.2, 0) is 7.05 Å². The number of hydrogen-bond donors (Lipinski definition) is 0. The van der Waals surface area contributed by atoms with Crippen molar-refractivity contribution in [3.05, 3.63) is 52.6 Å². The standard InChI is InChI=1S/C14H11N3OS2/c1-17-8-10(7-15-17)12(18)5-4-11-9-20-14(16-11)13-3-2-6-19-13/h2-9H,1H3. The van der Waals surface area contributed by atoms with Gasteiger partial charge < -0.3 is 0 Å². The van der Waals surface area contributed by atoms with Crippen LogP contribution in [-0.4, -0.2) is 20.5 Å². The molecule has 0 fully saturated rings. The molecule has 6 heteroatoms. The van der Waals surface area contributed by atoms with Gasteiger partial charge in [-0.05, 0) is 23.6 Å². The first kappa shape index (κ1) is 13.0. The smallest absolute Gasteiger partial charge is 0.189 e. The van der Waals surface area contributed by atoms with Crippen molar-refractivity contribution in [2.24, 2.45) is 7.05 Å². The van der Waals surface area contributed by atoms with Gasteiger partial charge in [-0.2, -0.15) is 5.10 Å². The third kappa shape index (κ3) is 2.76. The Morgan fingerprint density at radius 1 is 1.40 bits per heavy atom. The van der Waals surface area contributed by atoms with Crippen LogP contribution in [0.3, 0.4) is 0 Å². The predicted molar refractivity (Wildman–Crippen MR) is 82.0 cm³/mol. The van der Waals surface area contributed by atoms with Crippen molar-refractivity contribution >= 4 is 34.5 Å². The van der Waals surface area contributed by atoms with Crippen molar-refractivity contribution in [1.82, 2.24) is 14.8 Å². The summed E-state index contributed by atoms with van der Waals surface area (Å²) in [5.74, 6) is -0.0660. The first-order chi connectivity index (χ1) is 9.72. The van der Waals surface area contributed by atoms with E-state index in [-0.39, 0.29) is 5.78 Å². The monoisotopic (exact) mass is 301 g/mol. The predicted octanol–water partition coefficient (Wildman–Crippen LogP) is 3.50. The number of rotatable bonds is 4. The Kier molecular flexibility index (Phi) is 3.58. The molecule has 0 aliphatic rings. The molecular formula is C14H11N3OS2. The molecule has 0 saturated carbocycles. The fourth-order valence-corrected chi connectivity index (χ4v) is 3.28. The molecule has 0 unspecified atom stereocenters. The third-order valence-electron chi connectivity index (χ3n) is 2.65. The number of carbonyl (C=O) groups excluding carboxylic acids is 1. The van der Waals surface area contributed by atoms with Crippen molar-refractivity contribution in [2.75, 3.05) is 0 Å². The van der Waals surface area contributed by atoms with Crippen LogP contribution < -0.4 is 0 Å². The molecular weight excluding hydrogens is 290 g/mol. The van der Waals surface area contributed by atoms with E-state index < -0.39 is 0 Å². The van der Waals surface area contributed by atoms with E-state index in [4.69, 9.17) is 0 Å². The number of aromatic nitrogens is 3. The summed E-state index contributed by atoms with van der Waals surface area (Å²) in [5, 5.41) is 8.93. The summed E-state index contributed by atoms with van der Waals surface area (Å²) < 4.78 is 1.61. The van der Waals surface area contributed by atoms with E-state index in [2.05, 4.69) is 10.1 Å². The van der Waals surface area contributed by atoms with Crippen molar-refractivity contribution in [3.8, 4) is 9.88 Å². The van der Waals surface area contributed by atoms with Gasteiger partial charge in [0.25, 0.3) is 0 Å². The van der Waals surface area contributed by atoms with E-state index >= 15 is 0 Å². The van der Waals surface area contributed by atoms with Crippen LogP contribution in [0.2, 0.25) is 0 Å². The molecule has 4 nitrogen and oxygen atoms in total. The summed E-state index contributed by atoms with van der Waals surface area (Å²) in [6.07, 6.45) is 6.53. The number of nitrogens with zero attached hydrogens (tertiary/aromatic N) is 3. The summed E-state index contributed by atoms with van der Waals surface area (Å²) in [4.78, 5) is 17.5. The zero-order valence-corrected chi connectivity index (χ0v) is 12.3. The summed E-state index contributed by atoms with van der Waals surface area (Å²) in [6, 6.07) is 4.04. The van der Waals surface area contributed by atoms with Crippen LogP contribution in [0.1, 0.15) is 16.1 Å². The van der Waals surface area contributed by atoms with Crippen molar-refractivity contribution in [2.45, 2.75) is 0 Å². The Bertz CT molecular complexity index is 753. The Morgan fingerprint density at radius 2 is 2.30 bits per heavy atom. The van der Waals surface area contributed by atoms with Crippen molar-refractivity contribution < 1.29 is 4.79 Å². The van der Waals surface area contributed by atoms with E-state index in [0.29, 0.717) is 5.56 Å². The fraction of sp³-hybridized carbons (Fsp3) is 0.0714. The average molecular weight is 301 g/mol. The highest BCUT2D eigenvalue weighted by Crippen LogP contribution is 2.28. The Hall–Kier alpha value is -2.05. The number of allylic oxidation sites excluding steroid dienone is 1. The minimum absolute atomic E-state index is 0.0660. The molecule has 3 rings (SSSR count). The molecule has 100 valence electrons. The largest absolute Gasteiger partial charge is 0.289 e. The summed E-state index contributed by atoms with van der Waals surface area (Å²) >= 11 is 3.24. The second kappa shape index (κ2) is 5.52. The Labute approximate surface area is 124 Å². The lowest BCUT2D eigenvalue weighted by atomic mass is 10.2. The van der Waals surface area contributed by atoms with Gasteiger partial charge in [0.1, 0.15) is 5.01 Å². The van der Waals surface area contributed by atoms with Crippen LogP contribution in [0.25, 0.3) is 16.0 Å². The van der Waals surface area contributed by atoms with Crippen LogP contribution in [0.15, 0.2) is 41.4 Å². The molecule has 0 amide bonds. The molecule has 0 N–H and O–H groups in total. The van der Waals surface area contributed by atoms with Gasteiger partial charge in [-0.15, -0.1) is 22.7 Å². The average Bonchev–Trinajstić information content (AvgIpc) is 3.16. The normalized spacial score (nSPS) is 11.2. The minimum atomic E-state index is -0.0660. The molecule has 20 heavy (non-hydrogen) atoms. The number of aryl methyl sites for hydroxylation is 1. The van der Waals surface area contributed by atoms with Gasteiger partial charge in [-0.1, -0.05) is 6.07 Å². The number of ketones is 1. The lowest BCUT2D eigenvalue weighted by molar-refractivity contribution is 0.104. The van der Waals surface area contributed by atoms with E-state index in [1.807, 2.05) is 22.9 Å². The molecule has 0 spiro atoms. The van der Waals surface area contributed by atoms with E-state index in [0.717, 1.165) is 15.6 Å². The number of carbonyl (C=O) groups is 1. The van der Waals surface area contributed by atoms with Crippen LogP contribution in [0, 0.1) is 0 Å². The Balaban J connectivity index is 1.75. The quantitative estimate of drug-likeness (QED) is 0.547.